The lowest BCUT2D eigenvalue weighted by atomic mass is 10.7. The summed E-state index contributed by atoms with van der Waals surface area (Å²) in [5, 5.41) is 14.4. The van der Waals surface area contributed by atoms with Crippen molar-refractivity contribution in [3.8, 4) is 0 Å². The third kappa shape index (κ3) is 2.65. The van der Waals surface area contributed by atoms with E-state index in [9.17, 15) is 4.79 Å². The molecule has 11 heavy (non-hydrogen) atoms. The highest BCUT2D eigenvalue weighted by atomic mass is 16.4. The highest BCUT2D eigenvalue weighted by Gasteiger charge is 2.01. The van der Waals surface area contributed by atoms with Crippen molar-refractivity contribution < 1.29 is 9.90 Å². The van der Waals surface area contributed by atoms with Gasteiger partial charge >= 0.3 is 5.97 Å². The second kappa shape index (κ2) is 3.55. The van der Waals surface area contributed by atoms with E-state index in [0.717, 1.165) is 12.8 Å². The Morgan fingerprint density at radius 3 is 3.27 bits per heavy atom. The lowest BCUT2D eigenvalue weighted by Gasteiger charge is -1.96. The first-order valence-electron chi connectivity index (χ1n) is 3.09. The molecule has 1 aliphatic heterocycles. The van der Waals surface area contributed by atoms with Crippen molar-refractivity contribution in [1.29, 1.82) is 0 Å². The summed E-state index contributed by atoms with van der Waals surface area (Å²) in [4.78, 5) is 13.8. The van der Waals surface area contributed by atoms with Gasteiger partial charge in [0.25, 0.3) is 0 Å². The standard InChI is InChI=1S/C5H8N4O2/c10-4(11)3-8-9-5-6-1-2-7-5/h3H,1-2H2,(H,10,11)(H2,6,7,9)/b8-3-. The van der Waals surface area contributed by atoms with Gasteiger partial charge in [-0.25, -0.2) is 15.2 Å². The van der Waals surface area contributed by atoms with Crippen molar-refractivity contribution in [2.75, 3.05) is 13.1 Å². The minimum Gasteiger partial charge on any atom is -0.477 e. The van der Waals surface area contributed by atoms with Gasteiger partial charge < -0.3 is 10.4 Å². The van der Waals surface area contributed by atoms with Crippen molar-refractivity contribution in [3.05, 3.63) is 0 Å². The van der Waals surface area contributed by atoms with Crippen LogP contribution < -0.4 is 10.7 Å². The summed E-state index contributed by atoms with van der Waals surface area (Å²) in [7, 11) is 0. The number of aliphatic imine (C=N–C) groups is 1. The molecule has 0 amide bonds. The number of rotatable bonds is 2. The molecule has 0 aromatic heterocycles. The third-order valence-corrected chi connectivity index (χ3v) is 1.02. The number of guanidine groups is 1. The molecule has 60 valence electrons. The van der Waals surface area contributed by atoms with Crippen LogP contribution in [-0.4, -0.2) is 36.3 Å². The smallest absolute Gasteiger partial charge is 0.348 e. The van der Waals surface area contributed by atoms with Crippen molar-refractivity contribution >= 4 is 18.1 Å². The Morgan fingerprint density at radius 1 is 1.91 bits per heavy atom. The number of nitrogens with one attached hydrogen (secondary N) is 2. The van der Waals surface area contributed by atoms with Crippen LogP contribution in [0.25, 0.3) is 0 Å². The first-order valence-corrected chi connectivity index (χ1v) is 3.09. The van der Waals surface area contributed by atoms with Gasteiger partial charge in [-0.3, -0.25) is 0 Å². The average molecular weight is 156 g/mol. The number of carbonyl (C=O) groups is 1. The van der Waals surface area contributed by atoms with E-state index in [1.165, 1.54) is 0 Å². The van der Waals surface area contributed by atoms with E-state index in [0.29, 0.717) is 12.5 Å². The van der Waals surface area contributed by atoms with Crippen LogP contribution in [-0.2, 0) is 4.79 Å². The van der Waals surface area contributed by atoms with Gasteiger partial charge in [0.2, 0.25) is 5.96 Å². The molecule has 0 atom stereocenters. The molecule has 6 nitrogen and oxygen atoms in total. The van der Waals surface area contributed by atoms with E-state index in [4.69, 9.17) is 5.11 Å². The molecule has 0 aromatic carbocycles. The summed E-state index contributed by atoms with van der Waals surface area (Å²) in [5.41, 5.74) is 2.44. The van der Waals surface area contributed by atoms with E-state index in [1.807, 2.05) is 0 Å². The predicted molar refractivity (Wildman–Crippen MR) is 39.6 cm³/mol. The fraction of sp³-hybridized carbons (Fsp3) is 0.400. The van der Waals surface area contributed by atoms with Gasteiger partial charge in [0.15, 0.2) is 0 Å². The van der Waals surface area contributed by atoms with Crippen LogP contribution in [0.15, 0.2) is 10.1 Å². The maximum absolute atomic E-state index is 9.92. The van der Waals surface area contributed by atoms with Gasteiger partial charge in [-0.15, -0.1) is 0 Å². The minimum atomic E-state index is -1.09. The topological polar surface area (TPSA) is 86.1 Å². The lowest BCUT2D eigenvalue weighted by molar-refractivity contribution is -0.128. The zero-order chi connectivity index (χ0) is 8.10. The third-order valence-electron chi connectivity index (χ3n) is 1.02. The predicted octanol–water partition coefficient (Wildman–Crippen LogP) is -1.39. The molecule has 0 aromatic rings. The molecule has 0 unspecified atom stereocenters. The summed E-state index contributed by atoms with van der Waals surface area (Å²) in [6, 6.07) is 0. The molecule has 0 bridgehead atoms. The van der Waals surface area contributed by atoms with Crippen molar-refractivity contribution in [3.63, 3.8) is 0 Å². The molecule has 0 aliphatic carbocycles. The summed E-state index contributed by atoms with van der Waals surface area (Å²) in [6.45, 7) is 1.47. The molecule has 0 fully saturated rings. The quantitative estimate of drug-likeness (QED) is 0.339. The SMILES string of the molecule is O=C(O)/C=N\NC1=NCCN1. The van der Waals surface area contributed by atoms with Gasteiger partial charge in [-0.2, -0.15) is 5.10 Å². The monoisotopic (exact) mass is 156 g/mol. The van der Waals surface area contributed by atoms with Crippen LogP contribution in [0, 0.1) is 0 Å². The minimum absolute atomic E-state index is 0.516. The Labute approximate surface area is 63.0 Å². The Balaban J connectivity index is 2.26. The molecule has 3 N–H and O–H groups in total. The fourth-order valence-corrected chi connectivity index (χ4v) is 0.621. The van der Waals surface area contributed by atoms with Crippen LogP contribution in [0.4, 0.5) is 0 Å². The van der Waals surface area contributed by atoms with Crippen molar-refractivity contribution in [2.24, 2.45) is 10.1 Å². The van der Waals surface area contributed by atoms with Crippen LogP contribution >= 0.6 is 0 Å². The van der Waals surface area contributed by atoms with E-state index in [1.54, 1.807) is 0 Å². The Kier molecular flexibility index (Phi) is 2.42. The first kappa shape index (κ1) is 7.52. The lowest BCUT2D eigenvalue weighted by Crippen LogP contribution is -2.30. The van der Waals surface area contributed by atoms with Crippen LogP contribution in [0.5, 0.6) is 0 Å². The number of aliphatic carboxylic acids is 1. The first-order chi connectivity index (χ1) is 5.29. The molecule has 0 saturated heterocycles. The van der Waals surface area contributed by atoms with Crippen LogP contribution in [0.3, 0.4) is 0 Å². The molecule has 1 rings (SSSR count). The van der Waals surface area contributed by atoms with Gasteiger partial charge in [-0.05, 0) is 0 Å². The molecule has 0 radical (unpaired) electrons. The summed E-state index contributed by atoms with van der Waals surface area (Å²) >= 11 is 0. The Hall–Kier alpha value is -1.59. The van der Waals surface area contributed by atoms with E-state index in [-0.39, 0.29) is 0 Å². The normalized spacial score (nSPS) is 16.2. The van der Waals surface area contributed by atoms with Gasteiger partial charge in [0.1, 0.15) is 6.21 Å². The fourth-order valence-electron chi connectivity index (χ4n) is 0.621. The van der Waals surface area contributed by atoms with Gasteiger partial charge in [0, 0.05) is 6.54 Å². The largest absolute Gasteiger partial charge is 0.477 e. The average Bonchev–Trinajstić information content (AvgIpc) is 2.39. The van der Waals surface area contributed by atoms with E-state index in [2.05, 4.69) is 20.8 Å². The van der Waals surface area contributed by atoms with Gasteiger partial charge in [0.05, 0.1) is 6.54 Å². The highest BCUT2D eigenvalue weighted by Crippen LogP contribution is 1.79. The van der Waals surface area contributed by atoms with Gasteiger partial charge in [-0.1, -0.05) is 0 Å². The summed E-state index contributed by atoms with van der Waals surface area (Å²) in [6.07, 6.45) is 0.766. The number of carboxylic acids is 1. The Morgan fingerprint density at radius 2 is 2.73 bits per heavy atom. The highest BCUT2D eigenvalue weighted by molar-refractivity contribution is 6.22. The zero-order valence-corrected chi connectivity index (χ0v) is 5.74. The van der Waals surface area contributed by atoms with Crippen molar-refractivity contribution in [2.45, 2.75) is 0 Å². The molecule has 0 spiro atoms. The number of carboxylic acid groups (broad SMARTS) is 1. The van der Waals surface area contributed by atoms with E-state index < -0.39 is 5.97 Å². The maximum Gasteiger partial charge on any atom is 0.348 e. The molecule has 6 heteroatoms. The maximum atomic E-state index is 9.92. The molecular formula is C5H8N4O2. The molecule has 1 heterocycles. The number of nitrogens with zero attached hydrogens (tertiary/aromatic N) is 2. The molecular weight excluding hydrogens is 148 g/mol. The number of hydrogen-bond donors (Lipinski definition) is 3. The zero-order valence-electron chi connectivity index (χ0n) is 5.74. The second-order valence-corrected chi connectivity index (χ2v) is 1.87. The molecule has 0 saturated carbocycles. The van der Waals surface area contributed by atoms with Crippen LogP contribution in [0.1, 0.15) is 0 Å². The van der Waals surface area contributed by atoms with Crippen molar-refractivity contribution in [1.82, 2.24) is 10.7 Å². The Bertz CT molecular complexity index is 211. The van der Waals surface area contributed by atoms with Crippen LogP contribution in [0.2, 0.25) is 0 Å². The second-order valence-electron chi connectivity index (χ2n) is 1.87. The number of hydrazone groups is 1. The summed E-state index contributed by atoms with van der Waals surface area (Å²) in [5.74, 6) is -0.571. The molecule has 1 aliphatic rings. The number of hydrogen-bond acceptors (Lipinski definition) is 5. The van der Waals surface area contributed by atoms with E-state index >= 15 is 0 Å². The summed E-state index contributed by atoms with van der Waals surface area (Å²) < 4.78 is 0.